The lowest BCUT2D eigenvalue weighted by atomic mass is 10.3. The standard InChI is InChI=1S/C12H20N6O/c1-4-13-12-16-10-9(14-7-15-10)11(17-12)18(3)6-5-8(2)19/h7-8,19H,4-6H2,1-3H3,(H2,13,14,15,16,17). The van der Waals surface area contributed by atoms with E-state index in [4.69, 9.17) is 0 Å². The molecule has 2 heterocycles. The third kappa shape index (κ3) is 3.11. The normalized spacial score (nSPS) is 12.6. The van der Waals surface area contributed by atoms with E-state index in [9.17, 15) is 5.11 Å². The molecule has 0 aliphatic heterocycles. The summed E-state index contributed by atoms with van der Waals surface area (Å²) in [6.45, 7) is 5.25. The van der Waals surface area contributed by atoms with Gasteiger partial charge >= 0.3 is 0 Å². The first kappa shape index (κ1) is 13.5. The van der Waals surface area contributed by atoms with Crippen LogP contribution >= 0.6 is 0 Å². The third-order valence-electron chi connectivity index (χ3n) is 2.85. The van der Waals surface area contributed by atoms with Crippen molar-refractivity contribution >= 4 is 22.9 Å². The van der Waals surface area contributed by atoms with Gasteiger partial charge in [0.15, 0.2) is 11.5 Å². The number of aromatic amines is 1. The maximum atomic E-state index is 9.37. The smallest absolute Gasteiger partial charge is 0.226 e. The summed E-state index contributed by atoms with van der Waals surface area (Å²) < 4.78 is 0. The van der Waals surface area contributed by atoms with Crippen LogP contribution in [0.2, 0.25) is 0 Å². The SMILES string of the molecule is CCNc1nc(N(C)CCC(C)O)c2[nH]cnc2n1. The molecule has 0 saturated carbocycles. The number of rotatable bonds is 6. The van der Waals surface area contributed by atoms with Gasteiger partial charge in [0, 0.05) is 20.1 Å². The molecule has 1 atom stereocenters. The second-order valence-corrected chi connectivity index (χ2v) is 4.56. The summed E-state index contributed by atoms with van der Waals surface area (Å²) >= 11 is 0. The number of nitrogens with one attached hydrogen (secondary N) is 2. The van der Waals surface area contributed by atoms with Crippen LogP contribution in [0, 0.1) is 0 Å². The van der Waals surface area contributed by atoms with Crippen molar-refractivity contribution in [2.75, 3.05) is 30.4 Å². The summed E-state index contributed by atoms with van der Waals surface area (Å²) in [6, 6.07) is 0. The van der Waals surface area contributed by atoms with E-state index in [2.05, 4.69) is 25.3 Å². The Morgan fingerprint density at radius 3 is 2.95 bits per heavy atom. The number of fused-ring (bicyclic) bond motifs is 1. The number of aliphatic hydroxyl groups excluding tert-OH is 1. The molecule has 2 aromatic heterocycles. The number of imidazole rings is 1. The molecule has 7 heteroatoms. The van der Waals surface area contributed by atoms with E-state index >= 15 is 0 Å². The molecule has 0 fully saturated rings. The van der Waals surface area contributed by atoms with E-state index in [1.807, 2.05) is 18.9 Å². The summed E-state index contributed by atoms with van der Waals surface area (Å²) in [6.07, 6.45) is 1.98. The maximum Gasteiger partial charge on any atom is 0.226 e. The molecule has 2 rings (SSSR count). The first-order valence-corrected chi connectivity index (χ1v) is 6.46. The molecule has 104 valence electrons. The number of H-pyrrole nitrogens is 1. The number of nitrogens with zero attached hydrogens (tertiary/aromatic N) is 4. The molecular formula is C12H20N6O. The van der Waals surface area contributed by atoms with Crippen molar-refractivity contribution in [3.63, 3.8) is 0 Å². The third-order valence-corrected chi connectivity index (χ3v) is 2.85. The molecule has 0 aliphatic carbocycles. The molecular weight excluding hydrogens is 244 g/mol. The average Bonchev–Trinajstić information content (AvgIpc) is 2.83. The molecule has 0 bridgehead atoms. The Balaban J connectivity index is 2.31. The molecule has 0 aliphatic rings. The molecule has 7 nitrogen and oxygen atoms in total. The van der Waals surface area contributed by atoms with Crippen LogP contribution in [0.4, 0.5) is 11.8 Å². The van der Waals surface area contributed by atoms with E-state index in [1.54, 1.807) is 13.3 Å². The molecule has 19 heavy (non-hydrogen) atoms. The summed E-state index contributed by atoms with van der Waals surface area (Å²) in [7, 11) is 1.95. The van der Waals surface area contributed by atoms with Crippen LogP contribution in [0.15, 0.2) is 6.33 Å². The highest BCUT2D eigenvalue weighted by molar-refractivity contribution is 5.84. The summed E-state index contributed by atoms with van der Waals surface area (Å²) in [5.41, 5.74) is 1.46. The fraction of sp³-hybridized carbons (Fsp3) is 0.583. The Labute approximate surface area is 112 Å². The van der Waals surface area contributed by atoms with Crippen LogP contribution in [0.3, 0.4) is 0 Å². The molecule has 0 saturated heterocycles. The van der Waals surface area contributed by atoms with Crippen LogP contribution < -0.4 is 10.2 Å². The number of anilines is 2. The highest BCUT2D eigenvalue weighted by Crippen LogP contribution is 2.21. The van der Waals surface area contributed by atoms with Gasteiger partial charge < -0.3 is 20.3 Å². The van der Waals surface area contributed by atoms with Crippen LogP contribution in [-0.2, 0) is 0 Å². The second kappa shape index (κ2) is 5.83. The summed E-state index contributed by atoms with van der Waals surface area (Å²) in [5, 5.41) is 12.5. The zero-order chi connectivity index (χ0) is 13.8. The van der Waals surface area contributed by atoms with Gasteiger partial charge in [-0.1, -0.05) is 0 Å². The number of aliphatic hydroxyl groups is 1. The van der Waals surface area contributed by atoms with E-state index in [1.165, 1.54) is 0 Å². The van der Waals surface area contributed by atoms with Gasteiger partial charge in [0.05, 0.1) is 12.4 Å². The number of hydrogen-bond donors (Lipinski definition) is 3. The highest BCUT2D eigenvalue weighted by atomic mass is 16.3. The molecule has 2 aromatic rings. The van der Waals surface area contributed by atoms with Gasteiger partial charge in [-0.05, 0) is 20.3 Å². The highest BCUT2D eigenvalue weighted by Gasteiger charge is 2.13. The number of aromatic nitrogens is 4. The Morgan fingerprint density at radius 2 is 2.26 bits per heavy atom. The lowest BCUT2D eigenvalue weighted by molar-refractivity contribution is 0.187. The van der Waals surface area contributed by atoms with Crippen molar-refractivity contribution in [1.29, 1.82) is 0 Å². The predicted molar refractivity (Wildman–Crippen MR) is 75.4 cm³/mol. The van der Waals surface area contributed by atoms with Crippen LogP contribution in [0.25, 0.3) is 11.2 Å². The van der Waals surface area contributed by atoms with Crippen molar-refractivity contribution < 1.29 is 5.11 Å². The van der Waals surface area contributed by atoms with Gasteiger partial charge in [-0.3, -0.25) is 0 Å². The first-order chi connectivity index (χ1) is 9.11. The number of hydrogen-bond acceptors (Lipinski definition) is 6. The van der Waals surface area contributed by atoms with E-state index in [0.717, 1.165) is 17.9 Å². The van der Waals surface area contributed by atoms with E-state index < -0.39 is 0 Å². The summed E-state index contributed by atoms with van der Waals surface area (Å²) in [4.78, 5) is 18.0. The van der Waals surface area contributed by atoms with Crippen LogP contribution in [-0.4, -0.2) is 51.3 Å². The zero-order valence-electron chi connectivity index (χ0n) is 11.5. The second-order valence-electron chi connectivity index (χ2n) is 4.56. The van der Waals surface area contributed by atoms with Gasteiger partial charge in [0.25, 0.3) is 0 Å². The minimum Gasteiger partial charge on any atom is -0.393 e. The Hall–Kier alpha value is -1.89. The van der Waals surface area contributed by atoms with E-state index in [0.29, 0.717) is 24.6 Å². The van der Waals surface area contributed by atoms with Crippen molar-refractivity contribution in [2.24, 2.45) is 0 Å². The largest absolute Gasteiger partial charge is 0.393 e. The fourth-order valence-electron chi connectivity index (χ4n) is 1.82. The minimum atomic E-state index is -0.324. The molecule has 0 spiro atoms. The van der Waals surface area contributed by atoms with Gasteiger partial charge in [-0.15, -0.1) is 0 Å². The van der Waals surface area contributed by atoms with Gasteiger partial charge in [0.1, 0.15) is 5.52 Å². The Morgan fingerprint density at radius 1 is 1.47 bits per heavy atom. The molecule has 1 unspecified atom stereocenters. The average molecular weight is 264 g/mol. The quantitative estimate of drug-likeness (QED) is 0.721. The lowest BCUT2D eigenvalue weighted by Crippen LogP contribution is -2.23. The van der Waals surface area contributed by atoms with Gasteiger partial charge in [-0.25, -0.2) is 4.98 Å². The molecule has 3 N–H and O–H groups in total. The lowest BCUT2D eigenvalue weighted by Gasteiger charge is -2.19. The minimum absolute atomic E-state index is 0.324. The van der Waals surface area contributed by atoms with Crippen molar-refractivity contribution in [3.8, 4) is 0 Å². The monoisotopic (exact) mass is 264 g/mol. The Kier molecular flexibility index (Phi) is 4.16. The zero-order valence-corrected chi connectivity index (χ0v) is 11.5. The summed E-state index contributed by atoms with van der Waals surface area (Å²) in [5.74, 6) is 1.36. The van der Waals surface area contributed by atoms with E-state index in [-0.39, 0.29) is 6.10 Å². The van der Waals surface area contributed by atoms with Crippen LogP contribution in [0.1, 0.15) is 20.3 Å². The van der Waals surface area contributed by atoms with Gasteiger partial charge in [-0.2, -0.15) is 9.97 Å². The maximum absolute atomic E-state index is 9.37. The fourth-order valence-corrected chi connectivity index (χ4v) is 1.82. The van der Waals surface area contributed by atoms with Gasteiger partial charge in [0.2, 0.25) is 5.95 Å². The van der Waals surface area contributed by atoms with Crippen molar-refractivity contribution in [1.82, 2.24) is 19.9 Å². The molecule has 0 radical (unpaired) electrons. The topological polar surface area (TPSA) is 90.0 Å². The van der Waals surface area contributed by atoms with Crippen LogP contribution in [0.5, 0.6) is 0 Å². The molecule has 0 aromatic carbocycles. The van der Waals surface area contributed by atoms with Crippen molar-refractivity contribution in [3.05, 3.63) is 6.33 Å². The Bertz CT molecular complexity index is 538. The molecule has 0 amide bonds. The van der Waals surface area contributed by atoms with Crippen molar-refractivity contribution in [2.45, 2.75) is 26.4 Å². The first-order valence-electron chi connectivity index (χ1n) is 6.46. The predicted octanol–water partition coefficient (Wildman–Crippen LogP) is 0.992.